The Morgan fingerprint density at radius 3 is 2.32 bits per heavy atom. The molecule has 0 aliphatic heterocycles. The highest BCUT2D eigenvalue weighted by Crippen LogP contribution is 2.21. The first-order chi connectivity index (χ1) is 13.3. The van der Waals surface area contributed by atoms with Gasteiger partial charge in [-0.25, -0.2) is 0 Å². The van der Waals surface area contributed by atoms with Gasteiger partial charge in [0.2, 0.25) is 5.91 Å². The first-order valence-corrected chi connectivity index (χ1v) is 9.10. The molecule has 0 spiro atoms. The maximum Gasteiger partial charge on any atom is 0.320 e. The topological polar surface area (TPSA) is 73.1 Å². The second-order valence-corrected chi connectivity index (χ2v) is 7.14. The molecular weight excluding hydrogens is 378 g/mol. The monoisotopic (exact) mass is 397 g/mol. The average Bonchev–Trinajstić information content (AvgIpc) is 2.62. The molecule has 0 atom stereocenters. The van der Waals surface area contributed by atoms with Crippen LogP contribution in [0.2, 0.25) is 5.02 Å². The van der Waals surface area contributed by atoms with E-state index in [9.17, 15) is 14.4 Å². The van der Waals surface area contributed by atoms with Crippen LogP contribution >= 0.6 is 11.6 Å². The van der Waals surface area contributed by atoms with Gasteiger partial charge in [0.05, 0.1) is 5.69 Å². The lowest BCUT2D eigenvalue weighted by atomic mass is 10.1. The number of benzene rings is 2. The van der Waals surface area contributed by atoms with Crippen molar-refractivity contribution in [1.82, 2.24) is 9.13 Å². The smallest absolute Gasteiger partial charge is 0.320 e. The largest absolute Gasteiger partial charge is 0.324 e. The van der Waals surface area contributed by atoms with Crippen molar-refractivity contribution in [2.75, 3.05) is 5.32 Å². The SMILES string of the molecule is Cc1cc(C)c(NC(=O)Cn2ccn(-c3cccc(Cl)c3)c(=O)c2=O)c(C)c1. The summed E-state index contributed by atoms with van der Waals surface area (Å²) in [6.45, 7) is 5.55. The number of amides is 1. The second kappa shape index (κ2) is 7.86. The fourth-order valence-electron chi connectivity index (χ4n) is 3.17. The van der Waals surface area contributed by atoms with E-state index in [1.54, 1.807) is 24.3 Å². The predicted octanol–water partition coefficient (Wildman–Crippen LogP) is 3.22. The molecule has 0 fully saturated rings. The van der Waals surface area contributed by atoms with E-state index in [0.29, 0.717) is 10.7 Å². The minimum Gasteiger partial charge on any atom is -0.324 e. The zero-order valence-electron chi connectivity index (χ0n) is 15.8. The van der Waals surface area contributed by atoms with Crippen molar-refractivity contribution in [3.8, 4) is 5.69 Å². The summed E-state index contributed by atoms with van der Waals surface area (Å²) in [6.07, 6.45) is 2.87. The molecule has 3 rings (SSSR count). The second-order valence-electron chi connectivity index (χ2n) is 6.71. The van der Waals surface area contributed by atoms with Crippen molar-refractivity contribution in [2.45, 2.75) is 27.3 Å². The highest BCUT2D eigenvalue weighted by atomic mass is 35.5. The molecule has 1 aromatic heterocycles. The number of aromatic nitrogens is 2. The van der Waals surface area contributed by atoms with E-state index in [2.05, 4.69) is 5.32 Å². The molecule has 7 heteroatoms. The maximum absolute atomic E-state index is 12.4. The van der Waals surface area contributed by atoms with Gasteiger partial charge in [0.15, 0.2) is 0 Å². The van der Waals surface area contributed by atoms with Crippen LogP contribution < -0.4 is 16.4 Å². The Kier molecular flexibility index (Phi) is 5.51. The third kappa shape index (κ3) is 4.07. The summed E-state index contributed by atoms with van der Waals surface area (Å²) in [6, 6.07) is 10.6. The van der Waals surface area contributed by atoms with Crippen molar-refractivity contribution >= 4 is 23.2 Å². The number of anilines is 1. The molecule has 1 heterocycles. The standard InChI is InChI=1S/C21H20ClN3O3/c1-13-9-14(2)19(15(3)10-13)23-18(26)12-24-7-8-25(21(28)20(24)27)17-6-4-5-16(22)11-17/h4-11H,12H2,1-3H3,(H,23,26). The Hall–Kier alpha value is -3.12. The van der Waals surface area contributed by atoms with Crippen LogP contribution in [-0.4, -0.2) is 15.0 Å². The number of hydrogen-bond acceptors (Lipinski definition) is 3. The molecule has 0 saturated carbocycles. The van der Waals surface area contributed by atoms with Crippen LogP contribution in [0.5, 0.6) is 0 Å². The molecule has 3 aromatic rings. The number of halogens is 1. The molecule has 1 amide bonds. The molecule has 1 N–H and O–H groups in total. The van der Waals surface area contributed by atoms with Crippen molar-refractivity contribution < 1.29 is 4.79 Å². The molecule has 28 heavy (non-hydrogen) atoms. The molecular formula is C21H20ClN3O3. The molecule has 6 nitrogen and oxygen atoms in total. The number of aryl methyl sites for hydroxylation is 3. The van der Waals surface area contributed by atoms with Crippen LogP contribution in [0.4, 0.5) is 5.69 Å². The van der Waals surface area contributed by atoms with Crippen LogP contribution in [0.15, 0.2) is 58.4 Å². The average molecular weight is 398 g/mol. The van der Waals surface area contributed by atoms with E-state index >= 15 is 0 Å². The van der Waals surface area contributed by atoms with Crippen LogP contribution in [0, 0.1) is 20.8 Å². The van der Waals surface area contributed by atoms with Gasteiger partial charge in [-0.2, -0.15) is 0 Å². The molecule has 0 aliphatic rings. The summed E-state index contributed by atoms with van der Waals surface area (Å²) >= 11 is 5.95. The van der Waals surface area contributed by atoms with E-state index in [-0.39, 0.29) is 12.5 Å². The molecule has 2 aromatic carbocycles. The molecule has 0 aliphatic carbocycles. The summed E-state index contributed by atoms with van der Waals surface area (Å²) in [5.74, 6) is -0.378. The minimum absolute atomic E-state index is 0.253. The van der Waals surface area contributed by atoms with Gasteiger partial charge in [-0.1, -0.05) is 35.4 Å². The van der Waals surface area contributed by atoms with Gasteiger partial charge in [-0.15, -0.1) is 0 Å². The van der Waals surface area contributed by atoms with E-state index in [0.717, 1.165) is 26.9 Å². The Morgan fingerprint density at radius 2 is 1.68 bits per heavy atom. The van der Waals surface area contributed by atoms with Gasteiger partial charge in [-0.05, 0) is 50.1 Å². The van der Waals surface area contributed by atoms with Gasteiger partial charge < -0.3 is 5.32 Å². The Labute approximate surface area is 167 Å². The minimum atomic E-state index is -0.782. The van der Waals surface area contributed by atoms with Gasteiger partial charge in [0.1, 0.15) is 6.54 Å². The summed E-state index contributed by atoms with van der Waals surface area (Å²) < 4.78 is 2.30. The van der Waals surface area contributed by atoms with Gasteiger partial charge in [0.25, 0.3) is 0 Å². The highest BCUT2D eigenvalue weighted by molar-refractivity contribution is 6.30. The van der Waals surface area contributed by atoms with E-state index in [1.807, 2.05) is 32.9 Å². The summed E-state index contributed by atoms with van der Waals surface area (Å²) in [4.78, 5) is 37.3. The first kappa shape index (κ1) is 19.6. The number of rotatable bonds is 4. The zero-order chi connectivity index (χ0) is 20.4. The quantitative estimate of drug-likeness (QED) is 0.687. The Bertz CT molecular complexity index is 1150. The summed E-state index contributed by atoms with van der Waals surface area (Å²) in [5.41, 5.74) is 2.65. The Balaban J connectivity index is 1.86. The fourth-order valence-corrected chi connectivity index (χ4v) is 3.36. The van der Waals surface area contributed by atoms with Gasteiger partial charge >= 0.3 is 11.1 Å². The van der Waals surface area contributed by atoms with Crippen molar-refractivity contribution in [3.63, 3.8) is 0 Å². The highest BCUT2D eigenvalue weighted by Gasteiger charge is 2.12. The number of carbonyl (C=O) groups is 1. The van der Waals surface area contributed by atoms with Gasteiger partial charge in [0, 0.05) is 23.1 Å². The van der Waals surface area contributed by atoms with Crippen LogP contribution in [0.1, 0.15) is 16.7 Å². The summed E-state index contributed by atoms with van der Waals surface area (Å²) in [7, 11) is 0. The number of nitrogens with zero attached hydrogens (tertiary/aromatic N) is 2. The van der Waals surface area contributed by atoms with Crippen LogP contribution in [0.25, 0.3) is 5.69 Å². The zero-order valence-corrected chi connectivity index (χ0v) is 16.6. The fraction of sp³-hybridized carbons (Fsp3) is 0.190. The number of nitrogens with one attached hydrogen (secondary N) is 1. The predicted molar refractivity (Wildman–Crippen MR) is 111 cm³/mol. The molecule has 0 radical (unpaired) electrons. The van der Waals surface area contributed by atoms with Crippen molar-refractivity contribution in [1.29, 1.82) is 0 Å². The molecule has 0 bridgehead atoms. The lowest BCUT2D eigenvalue weighted by molar-refractivity contribution is -0.116. The van der Waals surface area contributed by atoms with Crippen molar-refractivity contribution in [3.05, 3.63) is 91.2 Å². The van der Waals surface area contributed by atoms with Crippen LogP contribution in [-0.2, 0) is 11.3 Å². The van der Waals surface area contributed by atoms with Crippen molar-refractivity contribution in [2.24, 2.45) is 0 Å². The van der Waals surface area contributed by atoms with E-state index < -0.39 is 11.1 Å². The molecule has 0 saturated heterocycles. The maximum atomic E-state index is 12.4. The Morgan fingerprint density at radius 1 is 1.00 bits per heavy atom. The first-order valence-electron chi connectivity index (χ1n) is 8.72. The summed E-state index contributed by atoms with van der Waals surface area (Å²) in [5, 5.41) is 3.29. The van der Waals surface area contributed by atoms with Crippen LogP contribution in [0.3, 0.4) is 0 Å². The van der Waals surface area contributed by atoms with E-state index in [1.165, 1.54) is 17.0 Å². The lowest BCUT2D eigenvalue weighted by Gasteiger charge is -2.14. The van der Waals surface area contributed by atoms with E-state index in [4.69, 9.17) is 11.6 Å². The normalized spacial score (nSPS) is 10.7. The van der Waals surface area contributed by atoms with Gasteiger partial charge in [-0.3, -0.25) is 23.5 Å². The lowest BCUT2D eigenvalue weighted by Crippen LogP contribution is -2.41. The number of hydrogen-bond donors (Lipinski definition) is 1. The molecule has 144 valence electrons. The third-order valence-electron chi connectivity index (χ3n) is 4.40. The molecule has 0 unspecified atom stereocenters. The third-order valence-corrected chi connectivity index (χ3v) is 4.64. The number of carbonyl (C=O) groups excluding carboxylic acids is 1.